The van der Waals surface area contributed by atoms with E-state index in [1.165, 1.54) is 19.3 Å². The molecule has 0 bridgehead atoms. The third-order valence-corrected chi connectivity index (χ3v) is 4.48. The summed E-state index contributed by atoms with van der Waals surface area (Å²) in [6.45, 7) is 2.74. The highest BCUT2D eigenvalue weighted by Gasteiger charge is 2.17. The van der Waals surface area contributed by atoms with Gasteiger partial charge in [-0.2, -0.15) is 5.10 Å². The molecule has 0 unspecified atom stereocenters. The van der Waals surface area contributed by atoms with Crippen molar-refractivity contribution in [3.8, 4) is 0 Å². The molecule has 3 heterocycles. The van der Waals surface area contributed by atoms with Gasteiger partial charge in [-0.3, -0.25) is 0 Å². The molecule has 0 amide bonds. The number of aromatic nitrogens is 4. The zero-order chi connectivity index (χ0) is 15.6. The van der Waals surface area contributed by atoms with Crippen molar-refractivity contribution in [1.29, 1.82) is 0 Å². The number of hydrogen-bond donors (Lipinski definition) is 1. The van der Waals surface area contributed by atoms with Crippen LogP contribution >= 0.6 is 0 Å². The first-order valence-corrected chi connectivity index (χ1v) is 9.30. The molecule has 0 radical (unpaired) electrons. The van der Waals surface area contributed by atoms with Crippen molar-refractivity contribution in [3.05, 3.63) is 12.5 Å². The van der Waals surface area contributed by atoms with Crippen molar-refractivity contribution in [3.63, 3.8) is 0 Å². The smallest absolute Gasteiger partial charge is 0.208 e. The summed E-state index contributed by atoms with van der Waals surface area (Å²) >= 11 is 0. The fourth-order valence-corrected chi connectivity index (χ4v) is 3.20. The third-order valence-electron chi connectivity index (χ3n) is 3.76. The quantitative estimate of drug-likeness (QED) is 0.854. The maximum Gasteiger partial charge on any atom is 0.208 e. The number of fused-ring (bicyclic) bond motifs is 1. The number of hydrogen-bond acceptors (Lipinski definition) is 6. The van der Waals surface area contributed by atoms with E-state index in [-0.39, 0.29) is 0 Å². The fraction of sp³-hybridized carbons (Fsp3) is 0.615. The molecule has 0 atom stereocenters. The summed E-state index contributed by atoms with van der Waals surface area (Å²) in [5.41, 5.74) is 0.742. The molecule has 1 N–H and O–H groups in total. The summed E-state index contributed by atoms with van der Waals surface area (Å²) in [7, 11) is -3.19. The number of nitrogens with zero attached hydrogens (tertiary/aromatic N) is 5. The second-order valence-electron chi connectivity index (χ2n) is 5.52. The number of rotatable bonds is 5. The van der Waals surface area contributed by atoms with Gasteiger partial charge in [-0.25, -0.2) is 27.8 Å². The second-order valence-corrected chi connectivity index (χ2v) is 7.35. The third kappa shape index (κ3) is 3.36. The van der Waals surface area contributed by atoms with Crippen molar-refractivity contribution < 1.29 is 8.42 Å². The summed E-state index contributed by atoms with van der Waals surface area (Å²) in [4.78, 5) is 11.0. The molecular weight excluding hydrogens is 304 g/mol. The SMILES string of the molecule is CS(=O)(=O)NCCn1ncc2c(N3CCCCC3)ncnc21. The van der Waals surface area contributed by atoms with Crippen molar-refractivity contribution in [2.45, 2.75) is 25.8 Å². The number of anilines is 1. The molecule has 0 spiro atoms. The monoisotopic (exact) mass is 324 g/mol. The lowest BCUT2D eigenvalue weighted by molar-refractivity contribution is 0.569. The van der Waals surface area contributed by atoms with E-state index in [0.717, 1.165) is 36.2 Å². The predicted molar refractivity (Wildman–Crippen MR) is 84.2 cm³/mol. The minimum Gasteiger partial charge on any atom is -0.356 e. The Labute approximate surface area is 129 Å². The lowest BCUT2D eigenvalue weighted by Crippen LogP contribution is -2.30. The second kappa shape index (κ2) is 6.17. The first-order chi connectivity index (χ1) is 10.5. The molecule has 1 aliphatic heterocycles. The zero-order valence-corrected chi connectivity index (χ0v) is 13.4. The molecule has 1 fully saturated rings. The highest BCUT2D eigenvalue weighted by Crippen LogP contribution is 2.25. The van der Waals surface area contributed by atoms with Crippen molar-refractivity contribution in [2.75, 3.05) is 30.8 Å². The number of piperidine rings is 1. The van der Waals surface area contributed by atoms with Gasteiger partial charge in [0.1, 0.15) is 12.1 Å². The van der Waals surface area contributed by atoms with Crippen LogP contribution in [0.5, 0.6) is 0 Å². The van der Waals surface area contributed by atoms with Crippen LogP contribution < -0.4 is 9.62 Å². The van der Waals surface area contributed by atoms with Gasteiger partial charge in [0.2, 0.25) is 10.0 Å². The van der Waals surface area contributed by atoms with Crippen LogP contribution in [0, 0.1) is 0 Å². The Kier molecular flexibility index (Phi) is 4.25. The van der Waals surface area contributed by atoms with Gasteiger partial charge in [0.15, 0.2) is 5.65 Å². The molecule has 8 nitrogen and oxygen atoms in total. The van der Waals surface area contributed by atoms with Gasteiger partial charge in [-0.05, 0) is 19.3 Å². The van der Waals surface area contributed by atoms with E-state index in [4.69, 9.17) is 0 Å². The summed E-state index contributed by atoms with van der Waals surface area (Å²) in [6, 6.07) is 0. The van der Waals surface area contributed by atoms with Gasteiger partial charge in [0.25, 0.3) is 0 Å². The summed E-state index contributed by atoms with van der Waals surface area (Å²) in [5, 5.41) is 5.24. The molecular formula is C13H20N6O2S. The first kappa shape index (κ1) is 15.2. The Bertz CT molecular complexity index is 751. The summed E-state index contributed by atoms with van der Waals surface area (Å²) in [6.07, 6.45) is 8.08. The van der Waals surface area contributed by atoms with Crippen LogP contribution in [0.4, 0.5) is 5.82 Å². The van der Waals surface area contributed by atoms with E-state index in [1.54, 1.807) is 17.2 Å². The van der Waals surface area contributed by atoms with Gasteiger partial charge in [-0.15, -0.1) is 0 Å². The van der Waals surface area contributed by atoms with Crippen LogP contribution in [0.15, 0.2) is 12.5 Å². The van der Waals surface area contributed by atoms with E-state index in [0.29, 0.717) is 13.1 Å². The zero-order valence-electron chi connectivity index (χ0n) is 12.6. The molecule has 0 saturated carbocycles. The van der Waals surface area contributed by atoms with Crippen molar-refractivity contribution in [1.82, 2.24) is 24.5 Å². The van der Waals surface area contributed by atoms with E-state index in [2.05, 4.69) is 24.7 Å². The number of nitrogens with one attached hydrogen (secondary N) is 1. The maximum absolute atomic E-state index is 11.1. The van der Waals surface area contributed by atoms with Gasteiger partial charge < -0.3 is 4.90 Å². The van der Waals surface area contributed by atoms with Crippen LogP contribution in [0.25, 0.3) is 11.0 Å². The Morgan fingerprint density at radius 1 is 1.23 bits per heavy atom. The number of sulfonamides is 1. The molecule has 9 heteroatoms. The van der Waals surface area contributed by atoms with E-state index in [9.17, 15) is 8.42 Å². The molecule has 120 valence electrons. The van der Waals surface area contributed by atoms with Gasteiger partial charge >= 0.3 is 0 Å². The molecule has 2 aromatic rings. The van der Waals surface area contributed by atoms with E-state index >= 15 is 0 Å². The normalized spacial score (nSPS) is 16.3. The molecule has 0 aliphatic carbocycles. The Morgan fingerprint density at radius 3 is 2.73 bits per heavy atom. The van der Waals surface area contributed by atoms with Gasteiger partial charge in [0, 0.05) is 19.6 Å². The molecule has 0 aromatic carbocycles. The van der Waals surface area contributed by atoms with Crippen LogP contribution in [-0.4, -0.2) is 54.1 Å². The minimum atomic E-state index is -3.19. The molecule has 2 aromatic heterocycles. The average Bonchev–Trinajstić information content (AvgIpc) is 2.90. The Balaban J connectivity index is 1.82. The topological polar surface area (TPSA) is 93.0 Å². The van der Waals surface area contributed by atoms with E-state index in [1.807, 2.05) is 0 Å². The highest BCUT2D eigenvalue weighted by atomic mass is 32.2. The van der Waals surface area contributed by atoms with Crippen LogP contribution in [-0.2, 0) is 16.6 Å². The molecule has 22 heavy (non-hydrogen) atoms. The Morgan fingerprint density at radius 2 is 2.00 bits per heavy atom. The Hall–Kier alpha value is -1.74. The lowest BCUT2D eigenvalue weighted by atomic mass is 10.1. The lowest BCUT2D eigenvalue weighted by Gasteiger charge is -2.27. The molecule has 1 aliphatic rings. The summed E-state index contributed by atoms with van der Waals surface area (Å²) in [5.74, 6) is 0.923. The molecule has 1 saturated heterocycles. The van der Waals surface area contributed by atoms with Crippen LogP contribution in [0.2, 0.25) is 0 Å². The maximum atomic E-state index is 11.1. The van der Waals surface area contributed by atoms with Crippen LogP contribution in [0.1, 0.15) is 19.3 Å². The average molecular weight is 324 g/mol. The van der Waals surface area contributed by atoms with Crippen molar-refractivity contribution >= 4 is 26.9 Å². The first-order valence-electron chi connectivity index (χ1n) is 7.41. The summed E-state index contributed by atoms with van der Waals surface area (Å²) < 4.78 is 26.4. The van der Waals surface area contributed by atoms with Crippen molar-refractivity contribution in [2.24, 2.45) is 0 Å². The highest BCUT2D eigenvalue weighted by molar-refractivity contribution is 7.88. The van der Waals surface area contributed by atoms with E-state index < -0.39 is 10.0 Å². The largest absolute Gasteiger partial charge is 0.356 e. The minimum absolute atomic E-state index is 0.290. The fourth-order valence-electron chi connectivity index (χ4n) is 2.74. The standard InChI is InChI=1S/C13H20N6O2S/c1-22(20,21)17-5-8-19-13-11(9-16-19)12(14-10-15-13)18-6-3-2-4-7-18/h9-10,17H,2-8H2,1H3. The van der Waals surface area contributed by atoms with Crippen LogP contribution in [0.3, 0.4) is 0 Å². The van der Waals surface area contributed by atoms with Gasteiger partial charge in [0.05, 0.1) is 24.4 Å². The molecule has 3 rings (SSSR count). The van der Waals surface area contributed by atoms with Gasteiger partial charge in [-0.1, -0.05) is 0 Å². The predicted octanol–water partition coefficient (Wildman–Crippen LogP) is 0.366.